The molecule has 1 saturated heterocycles. The maximum Gasteiger partial charge on any atom is 0.327 e. The van der Waals surface area contributed by atoms with Gasteiger partial charge >= 0.3 is 5.97 Å². The summed E-state index contributed by atoms with van der Waals surface area (Å²) >= 11 is 12.4. The molecule has 2 aromatic rings. The number of methoxy groups -OCH3 is 1. The molecular weight excluding hydrogens is 453 g/mol. The number of nitrogens with one attached hydrogen (secondary N) is 1. The lowest BCUT2D eigenvalue weighted by molar-refractivity contribution is -0.148. The lowest BCUT2D eigenvalue weighted by Gasteiger charge is -2.39. The molecule has 1 fully saturated rings. The van der Waals surface area contributed by atoms with Crippen molar-refractivity contribution in [1.82, 2.24) is 15.1 Å². The van der Waals surface area contributed by atoms with E-state index in [1.165, 1.54) is 7.11 Å². The van der Waals surface area contributed by atoms with Crippen molar-refractivity contribution in [2.24, 2.45) is 0 Å². The summed E-state index contributed by atoms with van der Waals surface area (Å²) in [5.74, 6) is -1.00. The van der Waals surface area contributed by atoms with Crippen molar-refractivity contribution in [3.8, 4) is 0 Å². The van der Waals surface area contributed by atoms with Crippen molar-refractivity contribution >= 4 is 41.0 Å². The second-order valence-corrected chi connectivity index (χ2v) is 8.30. The van der Waals surface area contributed by atoms with Gasteiger partial charge in [-0.25, -0.2) is 4.79 Å². The van der Waals surface area contributed by atoms with Crippen molar-refractivity contribution < 1.29 is 19.1 Å². The minimum Gasteiger partial charge on any atom is -0.468 e. The number of carbonyl (C=O) groups is 3. The second-order valence-electron chi connectivity index (χ2n) is 7.48. The topological polar surface area (TPSA) is 79.0 Å². The molecule has 1 N–H and O–H groups in total. The summed E-state index contributed by atoms with van der Waals surface area (Å²) in [6.07, 6.45) is 0. The highest BCUT2D eigenvalue weighted by molar-refractivity contribution is 6.33. The first kappa shape index (κ1) is 24.0. The minimum atomic E-state index is -0.717. The quantitative estimate of drug-likeness (QED) is 0.646. The molecule has 32 heavy (non-hydrogen) atoms. The van der Waals surface area contributed by atoms with E-state index in [0.29, 0.717) is 47.4 Å². The Kier molecular flexibility index (Phi) is 8.12. The van der Waals surface area contributed by atoms with Gasteiger partial charge in [-0.3, -0.25) is 14.5 Å². The van der Waals surface area contributed by atoms with E-state index in [1.807, 2.05) is 11.0 Å². The number of benzene rings is 2. The van der Waals surface area contributed by atoms with Crippen LogP contribution in [0.15, 0.2) is 48.5 Å². The number of nitrogens with zero attached hydrogens (tertiary/aromatic N) is 2. The number of esters is 1. The summed E-state index contributed by atoms with van der Waals surface area (Å²) in [6.45, 7) is 3.38. The number of halogens is 2. The summed E-state index contributed by atoms with van der Waals surface area (Å²) in [7, 11) is 1.34. The summed E-state index contributed by atoms with van der Waals surface area (Å²) < 4.78 is 5.00. The van der Waals surface area contributed by atoms with Crippen LogP contribution < -0.4 is 5.32 Å². The maximum absolute atomic E-state index is 12.9. The van der Waals surface area contributed by atoms with Crippen LogP contribution >= 0.6 is 23.2 Å². The van der Waals surface area contributed by atoms with Crippen molar-refractivity contribution in [1.29, 1.82) is 0 Å². The SMILES string of the molecule is COC(=O)C(c1ccccc1Cl)N1CCN(C(=O)[C@H](C)NC(=O)c2ccccc2Cl)CC1. The van der Waals surface area contributed by atoms with Crippen LogP contribution in [0.1, 0.15) is 28.9 Å². The van der Waals surface area contributed by atoms with E-state index in [1.54, 1.807) is 54.3 Å². The molecule has 0 aliphatic carbocycles. The van der Waals surface area contributed by atoms with E-state index >= 15 is 0 Å². The molecule has 1 heterocycles. The summed E-state index contributed by atoms with van der Waals surface area (Å²) in [5.41, 5.74) is 0.987. The molecule has 0 bridgehead atoms. The fourth-order valence-electron chi connectivity index (χ4n) is 3.74. The van der Waals surface area contributed by atoms with Gasteiger partial charge in [-0.1, -0.05) is 53.5 Å². The normalized spacial score (nSPS) is 16.2. The van der Waals surface area contributed by atoms with Crippen LogP contribution in [0.2, 0.25) is 10.0 Å². The molecule has 9 heteroatoms. The van der Waals surface area contributed by atoms with Gasteiger partial charge in [0.2, 0.25) is 5.91 Å². The van der Waals surface area contributed by atoms with Crippen LogP contribution in [0.25, 0.3) is 0 Å². The summed E-state index contributed by atoms with van der Waals surface area (Å²) in [5, 5.41) is 3.52. The molecule has 1 unspecified atom stereocenters. The first-order valence-electron chi connectivity index (χ1n) is 10.2. The molecule has 1 aliphatic rings. The number of piperazine rings is 1. The largest absolute Gasteiger partial charge is 0.468 e. The van der Waals surface area contributed by atoms with Gasteiger partial charge in [0.1, 0.15) is 12.1 Å². The lowest BCUT2D eigenvalue weighted by Crippen LogP contribution is -2.55. The molecule has 0 aromatic heterocycles. The van der Waals surface area contributed by atoms with Gasteiger partial charge < -0.3 is 15.0 Å². The number of carbonyl (C=O) groups excluding carboxylic acids is 3. The van der Waals surface area contributed by atoms with Gasteiger partial charge in [0.25, 0.3) is 5.91 Å². The minimum absolute atomic E-state index is 0.197. The number of ether oxygens (including phenoxy) is 1. The monoisotopic (exact) mass is 477 g/mol. The van der Waals surface area contributed by atoms with Crippen LogP contribution in [0.4, 0.5) is 0 Å². The lowest BCUT2D eigenvalue weighted by atomic mass is 10.0. The number of hydrogen-bond acceptors (Lipinski definition) is 5. The van der Waals surface area contributed by atoms with E-state index in [9.17, 15) is 14.4 Å². The third-order valence-corrected chi connectivity index (χ3v) is 6.13. The van der Waals surface area contributed by atoms with Crippen molar-refractivity contribution in [3.05, 3.63) is 69.7 Å². The predicted octanol–water partition coefficient (Wildman–Crippen LogP) is 3.17. The van der Waals surface area contributed by atoms with Crippen molar-refractivity contribution in [3.63, 3.8) is 0 Å². The third kappa shape index (κ3) is 5.41. The van der Waals surface area contributed by atoms with Crippen molar-refractivity contribution in [2.45, 2.75) is 19.0 Å². The molecule has 0 saturated carbocycles. The van der Waals surface area contributed by atoms with Crippen molar-refractivity contribution in [2.75, 3.05) is 33.3 Å². The standard InChI is InChI=1S/C23H25Cl2N3O4/c1-15(26-21(29)17-8-4-6-10-19(17)25)22(30)28-13-11-27(12-14-28)20(23(31)32-2)16-7-3-5-9-18(16)24/h3-10,15,20H,11-14H2,1-2H3,(H,26,29)/t15-,20?/m0/s1. The van der Waals surface area contributed by atoms with Crippen LogP contribution in [0, 0.1) is 0 Å². The van der Waals surface area contributed by atoms with Crippen LogP contribution in [0.3, 0.4) is 0 Å². The Bertz CT molecular complexity index is 993. The van der Waals surface area contributed by atoms with Crippen LogP contribution in [-0.2, 0) is 14.3 Å². The summed E-state index contributed by atoms with van der Waals surface area (Å²) in [6, 6.07) is 12.5. The van der Waals surface area contributed by atoms with Crippen LogP contribution in [0.5, 0.6) is 0 Å². The molecule has 0 spiro atoms. The highest BCUT2D eigenvalue weighted by atomic mass is 35.5. The van der Waals surface area contributed by atoms with Gasteiger partial charge in [0.05, 0.1) is 17.7 Å². The average Bonchev–Trinajstić information content (AvgIpc) is 2.80. The number of amides is 2. The Balaban J connectivity index is 1.63. The predicted molar refractivity (Wildman–Crippen MR) is 123 cm³/mol. The van der Waals surface area contributed by atoms with Gasteiger partial charge in [-0.2, -0.15) is 0 Å². The second kappa shape index (κ2) is 10.8. The van der Waals surface area contributed by atoms with Gasteiger partial charge in [-0.05, 0) is 30.7 Å². The molecule has 0 radical (unpaired) electrons. The molecule has 2 aromatic carbocycles. The average molecular weight is 478 g/mol. The van der Waals surface area contributed by atoms with Gasteiger partial charge in [-0.15, -0.1) is 0 Å². The zero-order chi connectivity index (χ0) is 23.3. The highest BCUT2D eigenvalue weighted by Gasteiger charge is 2.34. The Morgan fingerprint density at radius 2 is 1.53 bits per heavy atom. The van der Waals surface area contributed by atoms with E-state index < -0.39 is 24.0 Å². The smallest absolute Gasteiger partial charge is 0.327 e. The van der Waals surface area contributed by atoms with Gasteiger partial charge in [0, 0.05) is 31.2 Å². The molecule has 3 rings (SSSR count). The van der Waals surface area contributed by atoms with E-state index in [0.717, 1.165) is 0 Å². The van der Waals surface area contributed by atoms with Crippen LogP contribution in [-0.4, -0.2) is 66.9 Å². The Morgan fingerprint density at radius 3 is 2.12 bits per heavy atom. The van der Waals surface area contributed by atoms with E-state index in [2.05, 4.69) is 5.32 Å². The number of hydrogen-bond donors (Lipinski definition) is 1. The number of rotatable bonds is 6. The fraction of sp³-hybridized carbons (Fsp3) is 0.348. The van der Waals surface area contributed by atoms with E-state index in [-0.39, 0.29) is 5.91 Å². The molecule has 7 nitrogen and oxygen atoms in total. The summed E-state index contributed by atoms with van der Waals surface area (Å²) in [4.78, 5) is 41.5. The molecule has 2 atom stereocenters. The first-order valence-corrected chi connectivity index (χ1v) is 11.0. The molecule has 170 valence electrons. The fourth-order valence-corrected chi connectivity index (χ4v) is 4.20. The highest BCUT2D eigenvalue weighted by Crippen LogP contribution is 2.29. The zero-order valence-corrected chi connectivity index (χ0v) is 19.4. The maximum atomic E-state index is 12.9. The Hall–Kier alpha value is -2.61. The van der Waals surface area contributed by atoms with Gasteiger partial charge in [0.15, 0.2) is 0 Å². The third-order valence-electron chi connectivity index (χ3n) is 5.45. The first-order chi connectivity index (χ1) is 15.3. The molecule has 2 amide bonds. The Morgan fingerprint density at radius 1 is 0.938 bits per heavy atom. The molecular formula is C23H25Cl2N3O4. The molecule has 1 aliphatic heterocycles. The Labute approximate surface area is 197 Å². The zero-order valence-electron chi connectivity index (χ0n) is 17.9. The van der Waals surface area contributed by atoms with E-state index in [4.69, 9.17) is 27.9 Å².